The van der Waals surface area contributed by atoms with Crippen molar-refractivity contribution in [1.29, 1.82) is 0 Å². The van der Waals surface area contributed by atoms with Gasteiger partial charge in [-0.1, -0.05) is 6.08 Å². The van der Waals surface area contributed by atoms with Crippen molar-refractivity contribution in [3.05, 3.63) is 12.2 Å². The number of amides is 1. The summed E-state index contributed by atoms with van der Waals surface area (Å²) in [7, 11) is 0. The number of nitrogens with two attached hydrogens (primary N) is 1. The van der Waals surface area contributed by atoms with Crippen molar-refractivity contribution in [3.8, 4) is 0 Å². The van der Waals surface area contributed by atoms with Crippen LogP contribution in [0.5, 0.6) is 0 Å². The highest BCUT2D eigenvalue weighted by atomic mass is 16.6. The largest absolute Gasteiger partial charge is 0.440 e. The van der Waals surface area contributed by atoms with Crippen LogP contribution < -0.4 is 11.1 Å². The number of nitrogens with one attached hydrogen (secondary N) is 1. The number of ether oxygens (including phenoxy) is 1. The molecule has 0 aromatic rings. The standard InChI is InChI=1S/C6H8N2O2/c7-3-1-2-4-5(3)8-6(9)10-4/h1-5H,7H2,(H,8,9)/t3-,4-,5+/m1/s1. The zero-order valence-electron chi connectivity index (χ0n) is 5.28. The summed E-state index contributed by atoms with van der Waals surface area (Å²) < 4.78 is 4.84. The van der Waals surface area contributed by atoms with Gasteiger partial charge >= 0.3 is 6.09 Å². The molecule has 0 aromatic heterocycles. The van der Waals surface area contributed by atoms with Gasteiger partial charge in [0.05, 0.1) is 6.04 Å². The molecule has 2 aliphatic rings. The maximum Gasteiger partial charge on any atom is 0.408 e. The lowest BCUT2D eigenvalue weighted by Crippen LogP contribution is -2.42. The maximum atomic E-state index is 10.6. The molecule has 0 bridgehead atoms. The maximum absolute atomic E-state index is 10.6. The number of rotatable bonds is 0. The first-order chi connectivity index (χ1) is 4.77. The summed E-state index contributed by atoms with van der Waals surface area (Å²) in [6.07, 6.45) is 3.15. The van der Waals surface area contributed by atoms with Gasteiger partial charge in [-0.05, 0) is 6.08 Å². The third-order valence-corrected chi connectivity index (χ3v) is 1.82. The van der Waals surface area contributed by atoms with Crippen LogP contribution in [0, 0.1) is 0 Å². The van der Waals surface area contributed by atoms with Gasteiger partial charge in [-0.3, -0.25) is 0 Å². The molecule has 10 heavy (non-hydrogen) atoms. The second kappa shape index (κ2) is 1.73. The minimum atomic E-state index is -0.366. The SMILES string of the molecule is N[C@@H]1C=C[C@H]2OC(=O)N[C@@H]12. The fourth-order valence-corrected chi connectivity index (χ4v) is 1.28. The third kappa shape index (κ3) is 0.623. The van der Waals surface area contributed by atoms with E-state index in [1.165, 1.54) is 0 Å². The van der Waals surface area contributed by atoms with E-state index in [0.717, 1.165) is 0 Å². The van der Waals surface area contributed by atoms with Crippen LogP contribution in [-0.2, 0) is 4.74 Å². The average molecular weight is 140 g/mol. The highest BCUT2D eigenvalue weighted by molar-refractivity contribution is 5.71. The van der Waals surface area contributed by atoms with Crippen molar-refractivity contribution in [2.24, 2.45) is 5.73 Å². The van der Waals surface area contributed by atoms with Crippen molar-refractivity contribution in [2.75, 3.05) is 0 Å². The van der Waals surface area contributed by atoms with E-state index in [-0.39, 0.29) is 24.3 Å². The van der Waals surface area contributed by atoms with Gasteiger partial charge in [0.1, 0.15) is 6.10 Å². The van der Waals surface area contributed by atoms with E-state index in [4.69, 9.17) is 10.5 Å². The second-order valence-electron chi connectivity index (χ2n) is 2.50. The Kier molecular flexibility index (Phi) is 0.990. The van der Waals surface area contributed by atoms with E-state index in [1.807, 2.05) is 12.2 Å². The summed E-state index contributed by atoms with van der Waals surface area (Å²) >= 11 is 0. The van der Waals surface area contributed by atoms with Crippen molar-refractivity contribution in [3.63, 3.8) is 0 Å². The molecular formula is C6H8N2O2. The van der Waals surface area contributed by atoms with E-state index in [2.05, 4.69) is 5.32 Å². The van der Waals surface area contributed by atoms with Gasteiger partial charge in [0, 0.05) is 6.04 Å². The molecule has 3 atom stereocenters. The minimum Gasteiger partial charge on any atom is -0.440 e. The van der Waals surface area contributed by atoms with Gasteiger partial charge in [-0.2, -0.15) is 0 Å². The molecule has 0 spiro atoms. The lowest BCUT2D eigenvalue weighted by molar-refractivity contribution is 0.155. The van der Waals surface area contributed by atoms with E-state index >= 15 is 0 Å². The molecular weight excluding hydrogens is 132 g/mol. The van der Waals surface area contributed by atoms with Crippen LogP contribution in [0.4, 0.5) is 4.79 Å². The van der Waals surface area contributed by atoms with Gasteiger partial charge in [0.2, 0.25) is 0 Å². The van der Waals surface area contributed by atoms with Gasteiger partial charge in [0.15, 0.2) is 0 Å². The summed E-state index contributed by atoms with van der Waals surface area (Å²) in [5.74, 6) is 0. The first-order valence-corrected chi connectivity index (χ1v) is 3.18. The van der Waals surface area contributed by atoms with E-state index in [0.29, 0.717) is 0 Å². The molecule has 1 heterocycles. The summed E-state index contributed by atoms with van der Waals surface area (Å²) in [6.45, 7) is 0. The van der Waals surface area contributed by atoms with Crippen LogP contribution in [0.25, 0.3) is 0 Å². The van der Waals surface area contributed by atoms with Crippen molar-refractivity contribution in [2.45, 2.75) is 18.2 Å². The molecule has 2 rings (SSSR count). The highest BCUT2D eigenvalue weighted by Crippen LogP contribution is 2.18. The normalized spacial score (nSPS) is 42.9. The number of carbonyl (C=O) groups is 1. The quantitative estimate of drug-likeness (QED) is 0.440. The Morgan fingerprint density at radius 3 is 3.10 bits per heavy atom. The van der Waals surface area contributed by atoms with E-state index in [1.54, 1.807) is 0 Å². The molecule has 3 N–H and O–H groups in total. The fraction of sp³-hybridized carbons (Fsp3) is 0.500. The molecule has 1 fully saturated rings. The Morgan fingerprint density at radius 1 is 1.60 bits per heavy atom. The lowest BCUT2D eigenvalue weighted by Gasteiger charge is -2.09. The summed E-state index contributed by atoms with van der Waals surface area (Å²) in [6, 6.07) is -0.121. The number of hydrogen-bond acceptors (Lipinski definition) is 3. The summed E-state index contributed by atoms with van der Waals surface area (Å²) in [5, 5.41) is 2.62. The van der Waals surface area contributed by atoms with Crippen LogP contribution in [-0.4, -0.2) is 24.3 Å². The number of alkyl carbamates (subject to hydrolysis) is 1. The Balaban J connectivity index is 2.19. The molecule has 54 valence electrons. The second-order valence-corrected chi connectivity index (χ2v) is 2.50. The molecule has 1 aliphatic heterocycles. The monoisotopic (exact) mass is 140 g/mol. The van der Waals surface area contributed by atoms with Crippen LogP contribution in [0.15, 0.2) is 12.2 Å². The van der Waals surface area contributed by atoms with Crippen LogP contribution in [0.2, 0.25) is 0 Å². The Hall–Kier alpha value is -1.03. The number of hydrogen-bond donors (Lipinski definition) is 2. The smallest absolute Gasteiger partial charge is 0.408 e. The topological polar surface area (TPSA) is 64.3 Å². The predicted molar refractivity (Wildman–Crippen MR) is 34.3 cm³/mol. The zero-order chi connectivity index (χ0) is 7.14. The predicted octanol–water partition coefficient (Wildman–Crippen LogP) is -0.640. The van der Waals surface area contributed by atoms with Gasteiger partial charge in [-0.15, -0.1) is 0 Å². The molecule has 1 aliphatic carbocycles. The first-order valence-electron chi connectivity index (χ1n) is 3.18. The van der Waals surface area contributed by atoms with Crippen molar-refractivity contribution < 1.29 is 9.53 Å². The Bertz CT molecular complexity index is 202. The van der Waals surface area contributed by atoms with E-state index < -0.39 is 0 Å². The summed E-state index contributed by atoms with van der Waals surface area (Å²) in [4.78, 5) is 10.6. The first kappa shape index (κ1) is 5.73. The lowest BCUT2D eigenvalue weighted by atomic mass is 10.1. The summed E-state index contributed by atoms with van der Waals surface area (Å²) in [5.41, 5.74) is 5.60. The van der Waals surface area contributed by atoms with Crippen LogP contribution >= 0.6 is 0 Å². The van der Waals surface area contributed by atoms with Crippen molar-refractivity contribution >= 4 is 6.09 Å². The fourth-order valence-electron chi connectivity index (χ4n) is 1.28. The van der Waals surface area contributed by atoms with Crippen LogP contribution in [0.3, 0.4) is 0 Å². The molecule has 0 unspecified atom stereocenters. The molecule has 0 radical (unpaired) electrons. The number of fused-ring (bicyclic) bond motifs is 1. The number of carbonyl (C=O) groups excluding carboxylic acids is 1. The molecule has 4 heteroatoms. The molecule has 1 amide bonds. The van der Waals surface area contributed by atoms with E-state index in [9.17, 15) is 4.79 Å². The average Bonchev–Trinajstić information content (AvgIpc) is 2.35. The zero-order valence-corrected chi connectivity index (χ0v) is 5.28. The molecule has 1 saturated heterocycles. The molecule has 4 nitrogen and oxygen atoms in total. The molecule has 0 aromatic carbocycles. The Morgan fingerprint density at radius 2 is 2.40 bits per heavy atom. The molecule has 0 saturated carbocycles. The third-order valence-electron chi connectivity index (χ3n) is 1.82. The van der Waals surface area contributed by atoms with Gasteiger partial charge in [0.25, 0.3) is 0 Å². The highest BCUT2D eigenvalue weighted by Gasteiger charge is 2.39. The van der Waals surface area contributed by atoms with Gasteiger partial charge < -0.3 is 15.8 Å². The Labute approximate surface area is 58.0 Å². The minimum absolute atomic E-state index is 0.0347. The van der Waals surface area contributed by atoms with Gasteiger partial charge in [-0.25, -0.2) is 4.79 Å². The van der Waals surface area contributed by atoms with Crippen LogP contribution in [0.1, 0.15) is 0 Å². The van der Waals surface area contributed by atoms with Crippen molar-refractivity contribution in [1.82, 2.24) is 5.32 Å².